The zero-order chi connectivity index (χ0) is 16.6. The van der Waals surface area contributed by atoms with Gasteiger partial charge in [-0.1, -0.05) is 42.5 Å². The van der Waals surface area contributed by atoms with E-state index in [1.54, 1.807) is 0 Å². The molecule has 5 nitrogen and oxygen atoms in total. The lowest BCUT2D eigenvalue weighted by Gasteiger charge is -2.26. The first-order valence-corrected chi connectivity index (χ1v) is 8.45. The van der Waals surface area contributed by atoms with Gasteiger partial charge in [-0.25, -0.2) is 4.79 Å². The van der Waals surface area contributed by atoms with E-state index in [4.69, 9.17) is 4.74 Å². The van der Waals surface area contributed by atoms with Gasteiger partial charge in [0.05, 0.1) is 18.8 Å². The Kier molecular flexibility index (Phi) is 3.90. The minimum Gasteiger partial charge on any atom is -0.394 e. The van der Waals surface area contributed by atoms with Gasteiger partial charge in [-0.3, -0.25) is 0 Å². The highest BCUT2D eigenvalue weighted by Crippen LogP contribution is 2.41. The van der Waals surface area contributed by atoms with E-state index in [0.29, 0.717) is 25.6 Å². The molecule has 0 spiro atoms. The highest BCUT2D eigenvalue weighted by molar-refractivity contribution is 5.83. The minimum absolute atomic E-state index is 0.0980. The number of fused-ring (bicyclic) bond motifs is 1. The molecular weight excluding hydrogens is 304 g/mol. The van der Waals surface area contributed by atoms with E-state index in [-0.39, 0.29) is 18.7 Å². The van der Waals surface area contributed by atoms with Crippen LogP contribution in [0.1, 0.15) is 24.3 Å². The van der Waals surface area contributed by atoms with Crippen LogP contribution in [0.3, 0.4) is 0 Å². The number of aliphatic hydroxyl groups is 1. The molecule has 3 atom stereocenters. The van der Waals surface area contributed by atoms with Gasteiger partial charge in [-0.2, -0.15) is 0 Å². The summed E-state index contributed by atoms with van der Waals surface area (Å²) < 4.78 is 5.30. The second-order valence-corrected chi connectivity index (χ2v) is 6.89. The van der Waals surface area contributed by atoms with Crippen LogP contribution in [0.4, 0.5) is 4.79 Å². The largest absolute Gasteiger partial charge is 0.394 e. The fourth-order valence-electron chi connectivity index (χ4n) is 3.48. The van der Waals surface area contributed by atoms with Crippen LogP contribution in [-0.4, -0.2) is 42.5 Å². The van der Waals surface area contributed by atoms with Crippen LogP contribution in [0.15, 0.2) is 42.5 Å². The summed E-state index contributed by atoms with van der Waals surface area (Å²) in [5.74, 6) is 0.366. The van der Waals surface area contributed by atoms with Crippen LogP contribution in [0.25, 0.3) is 10.8 Å². The SMILES string of the molecule is O=C(N[C@@H]1C[C@H]1c1ccc2ccccc2c1)NC1(CO)CCOC1. The number of carbonyl (C=O) groups is 1. The average molecular weight is 326 g/mol. The van der Waals surface area contributed by atoms with Crippen molar-refractivity contribution in [3.8, 4) is 0 Å². The fourth-order valence-corrected chi connectivity index (χ4v) is 3.48. The van der Waals surface area contributed by atoms with Gasteiger partial charge < -0.3 is 20.5 Å². The molecule has 2 amide bonds. The number of nitrogens with one attached hydrogen (secondary N) is 2. The molecule has 0 aromatic heterocycles. The summed E-state index contributed by atoms with van der Waals surface area (Å²) in [7, 11) is 0. The smallest absolute Gasteiger partial charge is 0.315 e. The molecule has 4 rings (SSSR count). The third kappa shape index (κ3) is 2.97. The maximum absolute atomic E-state index is 12.2. The normalized spacial score (nSPS) is 28.7. The van der Waals surface area contributed by atoms with E-state index in [9.17, 15) is 9.90 Å². The van der Waals surface area contributed by atoms with Gasteiger partial charge in [-0.15, -0.1) is 0 Å². The van der Waals surface area contributed by atoms with Crippen LogP contribution < -0.4 is 10.6 Å². The molecule has 2 aromatic rings. The average Bonchev–Trinajstić information content (AvgIpc) is 3.21. The maximum atomic E-state index is 12.2. The first-order chi connectivity index (χ1) is 11.7. The molecule has 2 aliphatic rings. The molecule has 0 bridgehead atoms. The van der Waals surface area contributed by atoms with Crippen LogP contribution in [0.5, 0.6) is 0 Å². The van der Waals surface area contributed by atoms with Gasteiger partial charge in [0.1, 0.15) is 0 Å². The molecule has 0 radical (unpaired) electrons. The molecule has 1 saturated heterocycles. The standard InChI is InChI=1S/C19H22N2O3/c22-11-19(7-8-24-12-19)21-18(23)20-17-10-16(17)15-6-5-13-3-1-2-4-14(13)9-15/h1-6,9,16-17,22H,7-8,10-12H2,(H2,20,21,23)/t16-,17+,19?/m0/s1. The summed E-state index contributed by atoms with van der Waals surface area (Å²) in [6, 6.07) is 14.7. The Balaban J connectivity index is 1.38. The van der Waals surface area contributed by atoms with Crippen molar-refractivity contribution in [2.75, 3.05) is 19.8 Å². The lowest BCUT2D eigenvalue weighted by atomic mass is 10.0. The molecule has 5 heteroatoms. The van der Waals surface area contributed by atoms with Crippen LogP contribution in [0, 0.1) is 0 Å². The summed E-state index contributed by atoms with van der Waals surface area (Å²) in [6.45, 7) is 0.846. The zero-order valence-corrected chi connectivity index (χ0v) is 13.5. The number of ether oxygens (including phenoxy) is 1. The molecule has 1 aliphatic carbocycles. The number of benzene rings is 2. The number of amides is 2. The van der Waals surface area contributed by atoms with Crippen molar-refractivity contribution >= 4 is 16.8 Å². The number of hydrogen-bond donors (Lipinski definition) is 3. The Morgan fingerprint density at radius 2 is 2.08 bits per heavy atom. The quantitative estimate of drug-likeness (QED) is 0.806. The molecule has 1 saturated carbocycles. The summed E-state index contributed by atoms with van der Waals surface area (Å²) in [5.41, 5.74) is 0.636. The molecule has 1 heterocycles. The molecule has 126 valence electrons. The Labute approximate surface area is 141 Å². The van der Waals surface area contributed by atoms with E-state index in [1.165, 1.54) is 16.3 Å². The Morgan fingerprint density at radius 3 is 2.83 bits per heavy atom. The van der Waals surface area contributed by atoms with E-state index in [1.807, 2.05) is 12.1 Å². The van der Waals surface area contributed by atoms with Crippen molar-refractivity contribution in [1.82, 2.24) is 10.6 Å². The molecule has 3 N–H and O–H groups in total. The summed E-state index contributed by atoms with van der Waals surface area (Å²) >= 11 is 0. The summed E-state index contributed by atoms with van der Waals surface area (Å²) in [4.78, 5) is 12.2. The number of carbonyl (C=O) groups excluding carboxylic acids is 1. The first-order valence-electron chi connectivity index (χ1n) is 8.45. The maximum Gasteiger partial charge on any atom is 0.315 e. The van der Waals surface area contributed by atoms with Crippen molar-refractivity contribution in [3.05, 3.63) is 48.0 Å². The highest BCUT2D eigenvalue weighted by Gasteiger charge is 2.41. The first kappa shape index (κ1) is 15.4. The molecule has 1 unspecified atom stereocenters. The third-order valence-electron chi connectivity index (χ3n) is 5.09. The number of rotatable bonds is 4. The van der Waals surface area contributed by atoms with Crippen LogP contribution in [0.2, 0.25) is 0 Å². The van der Waals surface area contributed by atoms with E-state index < -0.39 is 5.54 Å². The second-order valence-electron chi connectivity index (χ2n) is 6.89. The molecular formula is C19H22N2O3. The number of urea groups is 1. The van der Waals surface area contributed by atoms with Gasteiger partial charge in [0, 0.05) is 18.6 Å². The van der Waals surface area contributed by atoms with E-state index in [2.05, 4.69) is 41.0 Å². The topological polar surface area (TPSA) is 70.6 Å². The van der Waals surface area contributed by atoms with E-state index >= 15 is 0 Å². The van der Waals surface area contributed by atoms with Crippen LogP contribution >= 0.6 is 0 Å². The molecule has 2 fully saturated rings. The van der Waals surface area contributed by atoms with Crippen molar-refractivity contribution in [2.45, 2.75) is 30.3 Å². The van der Waals surface area contributed by atoms with Crippen molar-refractivity contribution < 1.29 is 14.6 Å². The molecule has 1 aliphatic heterocycles. The molecule has 2 aromatic carbocycles. The van der Waals surface area contributed by atoms with Gasteiger partial charge in [0.25, 0.3) is 0 Å². The minimum atomic E-state index is -0.628. The predicted octanol–water partition coefficient (Wildman–Crippen LogP) is 2.15. The van der Waals surface area contributed by atoms with E-state index in [0.717, 1.165) is 6.42 Å². The van der Waals surface area contributed by atoms with Gasteiger partial charge in [0.2, 0.25) is 0 Å². The molecule has 24 heavy (non-hydrogen) atoms. The lowest BCUT2D eigenvalue weighted by molar-refractivity contribution is 0.124. The number of aliphatic hydroxyl groups excluding tert-OH is 1. The second kappa shape index (κ2) is 6.07. The lowest BCUT2D eigenvalue weighted by Crippen LogP contribution is -2.55. The third-order valence-corrected chi connectivity index (χ3v) is 5.09. The van der Waals surface area contributed by atoms with Crippen molar-refractivity contribution in [3.63, 3.8) is 0 Å². The monoisotopic (exact) mass is 326 g/mol. The van der Waals surface area contributed by atoms with Gasteiger partial charge >= 0.3 is 6.03 Å². The zero-order valence-electron chi connectivity index (χ0n) is 13.5. The Bertz CT molecular complexity index is 755. The number of hydrogen-bond acceptors (Lipinski definition) is 3. The van der Waals surface area contributed by atoms with Crippen molar-refractivity contribution in [1.29, 1.82) is 0 Å². The van der Waals surface area contributed by atoms with Crippen molar-refractivity contribution in [2.24, 2.45) is 0 Å². The fraction of sp³-hybridized carbons (Fsp3) is 0.421. The predicted molar refractivity (Wildman–Crippen MR) is 92.0 cm³/mol. The van der Waals surface area contributed by atoms with Gasteiger partial charge in [0.15, 0.2) is 0 Å². The summed E-state index contributed by atoms with van der Waals surface area (Å²) in [5, 5.41) is 17.9. The highest BCUT2D eigenvalue weighted by atomic mass is 16.5. The Morgan fingerprint density at radius 1 is 1.25 bits per heavy atom. The summed E-state index contributed by atoms with van der Waals surface area (Å²) in [6.07, 6.45) is 1.60. The van der Waals surface area contributed by atoms with Gasteiger partial charge in [-0.05, 0) is 29.2 Å². The van der Waals surface area contributed by atoms with Crippen LogP contribution in [-0.2, 0) is 4.74 Å². The Hall–Kier alpha value is -2.11.